The SMILES string of the molecule is O=C(c1ccc(N2CCCC2)c(Cl)c1)N1CCCC2(CCc3cn[nH]c32)C1. The van der Waals surface area contributed by atoms with Crippen molar-refractivity contribution in [3.63, 3.8) is 0 Å². The van der Waals surface area contributed by atoms with Crippen LogP contribution in [0.4, 0.5) is 5.69 Å². The van der Waals surface area contributed by atoms with Crippen LogP contribution in [-0.2, 0) is 11.8 Å². The summed E-state index contributed by atoms with van der Waals surface area (Å²) in [5.41, 5.74) is 4.38. The van der Waals surface area contributed by atoms with Crippen LogP contribution in [0.5, 0.6) is 0 Å². The number of piperidine rings is 1. The molecule has 1 aromatic carbocycles. The van der Waals surface area contributed by atoms with Crippen LogP contribution in [0.2, 0.25) is 5.02 Å². The summed E-state index contributed by atoms with van der Waals surface area (Å²) in [6.07, 6.45) is 8.69. The van der Waals surface area contributed by atoms with Crippen LogP contribution in [0.25, 0.3) is 0 Å². The highest BCUT2D eigenvalue weighted by molar-refractivity contribution is 6.33. The smallest absolute Gasteiger partial charge is 0.253 e. The lowest BCUT2D eigenvalue weighted by Crippen LogP contribution is -2.47. The molecule has 1 amide bonds. The molecule has 1 aliphatic carbocycles. The van der Waals surface area contributed by atoms with Gasteiger partial charge in [-0.05, 0) is 62.3 Å². The van der Waals surface area contributed by atoms with Crippen LogP contribution in [0.3, 0.4) is 0 Å². The van der Waals surface area contributed by atoms with Gasteiger partial charge >= 0.3 is 0 Å². The number of amides is 1. The van der Waals surface area contributed by atoms with Crippen molar-refractivity contribution >= 4 is 23.2 Å². The number of anilines is 1. The fraction of sp³-hybridized carbons (Fsp3) is 0.524. The molecule has 0 saturated carbocycles. The fourth-order valence-electron chi connectivity index (χ4n) is 5.21. The number of likely N-dealkylation sites (tertiary alicyclic amines) is 1. The highest BCUT2D eigenvalue weighted by Crippen LogP contribution is 2.44. The van der Waals surface area contributed by atoms with Crippen molar-refractivity contribution in [2.24, 2.45) is 0 Å². The first kappa shape index (κ1) is 17.1. The third-order valence-electron chi connectivity index (χ3n) is 6.63. The van der Waals surface area contributed by atoms with Gasteiger partial charge in [0.25, 0.3) is 5.91 Å². The second-order valence-electron chi connectivity index (χ2n) is 8.24. The van der Waals surface area contributed by atoms with Gasteiger partial charge in [-0.15, -0.1) is 0 Å². The summed E-state index contributed by atoms with van der Waals surface area (Å²) >= 11 is 6.54. The lowest BCUT2D eigenvalue weighted by Gasteiger charge is -2.40. The highest BCUT2D eigenvalue weighted by Gasteiger charge is 2.44. The average Bonchev–Trinajstić information content (AvgIpc) is 3.42. The summed E-state index contributed by atoms with van der Waals surface area (Å²) in [7, 11) is 0. The molecule has 1 aromatic heterocycles. The van der Waals surface area contributed by atoms with Crippen LogP contribution < -0.4 is 4.90 Å². The van der Waals surface area contributed by atoms with Gasteiger partial charge in [0, 0.05) is 42.9 Å². The van der Waals surface area contributed by atoms with Crippen LogP contribution in [0.15, 0.2) is 24.4 Å². The maximum atomic E-state index is 13.2. The maximum absolute atomic E-state index is 13.2. The molecule has 2 fully saturated rings. The van der Waals surface area contributed by atoms with E-state index in [4.69, 9.17) is 11.6 Å². The maximum Gasteiger partial charge on any atom is 0.253 e. The van der Waals surface area contributed by atoms with E-state index in [0.717, 1.165) is 57.5 Å². The van der Waals surface area contributed by atoms with Gasteiger partial charge in [-0.2, -0.15) is 5.10 Å². The molecule has 3 aliphatic rings. The van der Waals surface area contributed by atoms with E-state index in [2.05, 4.69) is 15.1 Å². The molecule has 1 spiro atoms. The standard InChI is InChI=1S/C21H25ClN4O/c22-17-12-15(4-5-18(17)25-9-1-2-10-25)20(27)26-11-3-7-21(14-26)8-6-16-13-23-24-19(16)21/h4-5,12-13H,1-3,6-11,14H2,(H,23,24). The Hall–Kier alpha value is -2.01. The molecule has 6 heteroatoms. The summed E-state index contributed by atoms with van der Waals surface area (Å²) in [5.74, 6) is 0.0944. The third-order valence-corrected chi connectivity index (χ3v) is 6.93. The van der Waals surface area contributed by atoms with Crippen LogP contribution in [0, 0.1) is 0 Å². The van der Waals surface area contributed by atoms with E-state index >= 15 is 0 Å². The lowest BCUT2D eigenvalue weighted by molar-refractivity contribution is 0.0633. The molecule has 2 aliphatic heterocycles. The Labute approximate surface area is 164 Å². The number of aryl methyl sites for hydroxylation is 1. The quantitative estimate of drug-likeness (QED) is 0.857. The number of hydrogen-bond acceptors (Lipinski definition) is 3. The van der Waals surface area contributed by atoms with Gasteiger partial charge in [-0.1, -0.05) is 11.6 Å². The number of hydrogen-bond donors (Lipinski definition) is 1. The predicted molar refractivity (Wildman–Crippen MR) is 107 cm³/mol. The molecule has 2 saturated heterocycles. The second-order valence-corrected chi connectivity index (χ2v) is 8.65. The van der Waals surface area contributed by atoms with E-state index in [1.165, 1.54) is 24.1 Å². The molecule has 5 nitrogen and oxygen atoms in total. The zero-order valence-electron chi connectivity index (χ0n) is 15.5. The van der Waals surface area contributed by atoms with E-state index < -0.39 is 0 Å². The number of nitrogens with one attached hydrogen (secondary N) is 1. The normalized spacial score (nSPS) is 24.6. The van der Waals surface area contributed by atoms with Crippen LogP contribution in [-0.4, -0.2) is 47.2 Å². The minimum atomic E-state index is 0.0546. The Kier molecular flexibility index (Phi) is 4.15. The van der Waals surface area contributed by atoms with Crippen LogP contribution in [0.1, 0.15) is 53.7 Å². The van der Waals surface area contributed by atoms with Gasteiger partial charge in [-0.25, -0.2) is 0 Å². The molecular formula is C21H25ClN4O. The monoisotopic (exact) mass is 384 g/mol. The molecule has 5 rings (SSSR count). The number of carbonyl (C=O) groups is 1. The summed E-state index contributed by atoms with van der Waals surface area (Å²) in [4.78, 5) is 17.5. The van der Waals surface area contributed by atoms with Gasteiger partial charge in [-0.3, -0.25) is 9.89 Å². The Morgan fingerprint density at radius 2 is 2.00 bits per heavy atom. The van der Waals surface area contributed by atoms with E-state index in [0.29, 0.717) is 10.6 Å². The first-order valence-corrected chi connectivity index (χ1v) is 10.4. The molecule has 0 bridgehead atoms. The van der Waals surface area contributed by atoms with Crippen molar-refractivity contribution < 1.29 is 4.79 Å². The van der Waals surface area contributed by atoms with Gasteiger partial charge in [0.2, 0.25) is 0 Å². The minimum Gasteiger partial charge on any atom is -0.370 e. The molecule has 1 atom stereocenters. The number of H-pyrrole nitrogens is 1. The summed E-state index contributed by atoms with van der Waals surface area (Å²) in [6, 6.07) is 5.82. The summed E-state index contributed by atoms with van der Waals surface area (Å²) in [6.45, 7) is 3.68. The summed E-state index contributed by atoms with van der Waals surface area (Å²) in [5, 5.41) is 8.13. The first-order chi connectivity index (χ1) is 13.2. The average molecular weight is 385 g/mol. The molecule has 142 valence electrons. The molecule has 27 heavy (non-hydrogen) atoms. The van der Waals surface area contributed by atoms with Crippen molar-refractivity contribution in [2.45, 2.75) is 43.9 Å². The first-order valence-electron chi connectivity index (χ1n) is 10.0. The number of rotatable bonds is 2. The Bertz CT molecular complexity index is 873. The van der Waals surface area contributed by atoms with Crippen molar-refractivity contribution in [1.29, 1.82) is 0 Å². The van der Waals surface area contributed by atoms with Crippen molar-refractivity contribution in [3.05, 3.63) is 46.2 Å². The van der Waals surface area contributed by atoms with Crippen molar-refractivity contribution in [3.8, 4) is 0 Å². The number of fused-ring (bicyclic) bond motifs is 2. The summed E-state index contributed by atoms with van der Waals surface area (Å²) < 4.78 is 0. The van der Waals surface area contributed by atoms with Crippen molar-refractivity contribution in [2.75, 3.05) is 31.1 Å². The van der Waals surface area contributed by atoms with Gasteiger partial charge in [0.1, 0.15) is 0 Å². The molecule has 1 unspecified atom stereocenters. The largest absolute Gasteiger partial charge is 0.370 e. The van der Waals surface area contributed by atoms with E-state index in [1.807, 2.05) is 29.3 Å². The molecule has 1 N–H and O–H groups in total. The zero-order valence-corrected chi connectivity index (χ0v) is 16.3. The van der Waals surface area contributed by atoms with Gasteiger partial charge in [0.15, 0.2) is 0 Å². The zero-order chi connectivity index (χ0) is 18.4. The fourth-order valence-corrected chi connectivity index (χ4v) is 5.51. The van der Waals surface area contributed by atoms with E-state index in [-0.39, 0.29) is 11.3 Å². The Morgan fingerprint density at radius 3 is 2.81 bits per heavy atom. The Balaban J connectivity index is 1.37. The molecule has 3 heterocycles. The Morgan fingerprint density at radius 1 is 1.15 bits per heavy atom. The predicted octanol–water partition coefficient (Wildman–Crippen LogP) is 3.78. The number of halogens is 1. The van der Waals surface area contributed by atoms with Gasteiger partial charge in [0.05, 0.1) is 16.9 Å². The topological polar surface area (TPSA) is 52.2 Å². The van der Waals surface area contributed by atoms with Crippen LogP contribution >= 0.6 is 11.6 Å². The highest BCUT2D eigenvalue weighted by atomic mass is 35.5. The van der Waals surface area contributed by atoms with E-state index in [9.17, 15) is 4.79 Å². The molecule has 2 aromatic rings. The number of benzene rings is 1. The number of carbonyl (C=O) groups excluding carboxylic acids is 1. The third kappa shape index (κ3) is 2.83. The number of aromatic amines is 1. The van der Waals surface area contributed by atoms with Crippen molar-refractivity contribution in [1.82, 2.24) is 15.1 Å². The van der Waals surface area contributed by atoms with E-state index in [1.54, 1.807) is 0 Å². The lowest BCUT2D eigenvalue weighted by atomic mass is 9.77. The minimum absolute atomic E-state index is 0.0546. The second kappa shape index (κ2) is 6.55. The molecular weight excluding hydrogens is 360 g/mol. The van der Waals surface area contributed by atoms with Gasteiger partial charge < -0.3 is 9.80 Å². The number of aromatic nitrogens is 2. The number of nitrogens with zero attached hydrogens (tertiary/aromatic N) is 3. The molecule has 0 radical (unpaired) electrons.